The summed E-state index contributed by atoms with van der Waals surface area (Å²) in [5.41, 5.74) is 4.64. The highest BCUT2D eigenvalue weighted by Gasteiger charge is 2.13. The van der Waals surface area contributed by atoms with Crippen molar-refractivity contribution < 1.29 is 4.79 Å². The molecular formula is C24H20Cl2N4O. The van der Waals surface area contributed by atoms with Gasteiger partial charge in [-0.25, -0.2) is 4.98 Å². The Balaban J connectivity index is 1.64. The van der Waals surface area contributed by atoms with Crippen molar-refractivity contribution in [1.29, 1.82) is 0 Å². The van der Waals surface area contributed by atoms with Crippen LogP contribution in [0, 0.1) is 20.8 Å². The fourth-order valence-corrected chi connectivity index (χ4v) is 3.68. The quantitative estimate of drug-likeness (QED) is 0.370. The molecule has 31 heavy (non-hydrogen) atoms. The Morgan fingerprint density at radius 1 is 1.00 bits per heavy atom. The van der Waals surface area contributed by atoms with Crippen LogP contribution in [0.2, 0.25) is 10.0 Å². The van der Waals surface area contributed by atoms with E-state index in [0.717, 1.165) is 33.3 Å². The van der Waals surface area contributed by atoms with Gasteiger partial charge in [0, 0.05) is 17.5 Å². The number of nitrogens with zero attached hydrogens (tertiary/aromatic N) is 3. The molecule has 0 saturated heterocycles. The number of hydrogen-bond donors (Lipinski definition) is 1. The summed E-state index contributed by atoms with van der Waals surface area (Å²) in [5.74, 6) is 0.901. The van der Waals surface area contributed by atoms with E-state index < -0.39 is 0 Å². The molecule has 2 aromatic carbocycles. The number of pyridine rings is 1. The van der Waals surface area contributed by atoms with Gasteiger partial charge in [-0.3, -0.25) is 4.79 Å². The van der Waals surface area contributed by atoms with Gasteiger partial charge in [0.1, 0.15) is 5.82 Å². The number of aromatic nitrogens is 3. The standard InChI is InChI=1S/C24H20Cl2N4O/c1-14-5-4-6-18-15(2)11-21(28-24(14)18)30-22(12-16(3)29-30)27-23(31)10-8-17-7-9-19(25)20(26)13-17/h4-13H,1-3H3,(H,27,31)/b10-8+. The number of anilines is 1. The Hall–Kier alpha value is -3.15. The maximum atomic E-state index is 12.5. The molecule has 4 aromatic rings. The molecule has 0 aliphatic heterocycles. The average molecular weight is 451 g/mol. The van der Waals surface area contributed by atoms with Crippen molar-refractivity contribution in [2.24, 2.45) is 0 Å². The summed E-state index contributed by atoms with van der Waals surface area (Å²) in [6.07, 6.45) is 3.11. The van der Waals surface area contributed by atoms with Gasteiger partial charge in [-0.05, 0) is 61.7 Å². The minimum Gasteiger partial charge on any atom is -0.307 e. The Labute approximate surface area is 190 Å². The van der Waals surface area contributed by atoms with Crippen LogP contribution < -0.4 is 5.32 Å². The van der Waals surface area contributed by atoms with Gasteiger partial charge in [-0.1, -0.05) is 47.5 Å². The first-order valence-electron chi connectivity index (χ1n) is 9.70. The fraction of sp³-hybridized carbons (Fsp3) is 0.125. The van der Waals surface area contributed by atoms with Crippen LogP contribution >= 0.6 is 23.2 Å². The molecular weight excluding hydrogens is 431 g/mol. The second-order valence-corrected chi connectivity index (χ2v) is 8.16. The average Bonchev–Trinajstić information content (AvgIpc) is 3.09. The first-order valence-corrected chi connectivity index (χ1v) is 10.5. The molecule has 0 aliphatic carbocycles. The summed E-state index contributed by atoms with van der Waals surface area (Å²) in [5, 5.41) is 9.42. The van der Waals surface area contributed by atoms with Crippen molar-refractivity contribution in [2.75, 3.05) is 5.32 Å². The number of nitrogens with one attached hydrogen (secondary N) is 1. The normalized spacial score (nSPS) is 11.4. The van der Waals surface area contributed by atoms with Gasteiger partial charge in [0.15, 0.2) is 5.82 Å². The van der Waals surface area contributed by atoms with Crippen molar-refractivity contribution in [3.63, 3.8) is 0 Å². The lowest BCUT2D eigenvalue weighted by molar-refractivity contribution is -0.111. The summed E-state index contributed by atoms with van der Waals surface area (Å²) < 4.78 is 1.65. The van der Waals surface area contributed by atoms with E-state index in [1.165, 1.54) is 6.08 Å². The number of aryl methyl sites for hydroxylation is 3. The summed E-state index contributed by atoms with van der Waals surface area (Å²) >= 11 is 12.0. The van der Waals surface area contributed by atoms with Crippen LogP contribution in [-0.2, 0) is 4.79 Å². The van der Waals surface area contributed by atoms with E-state index in [9.17, 15) is 4.79 Å². The molecule has 4 rings (SSSR count). The third-order valence-corrected chi connectivity index (χ3v) is 5.64. The second-order valence-electron chi connectivity index (χ2n) is 7.35. The number of para-hydroxylation sites is 1. The van der Waals surface area contributed by atoms with Gasteiger partial charge in [0.05, 0.1) is 21.3 Å². The number of carbonyl (C=O) groups excluding carboxylic acids is 1. The Morgan fingerprint density at radius 3 is 2.58 bits per heavy atom. The van der Waals surface area contributed by atoms with Crippen LogP contribution in [0.25, 0.3) is 22.8 Å². The lowest BCUT2D eigenvalue weighted by atomic mass is 10.1. The van der Waals surface area contributed by atoms with Gasteiger partial charge in [0.25, 0.3) is 0 Å². The largest absolute Gasteiger partial charge is 0.307 e. The minimum absolute atomic E-state index is 0.291. The smallest absolute Gasteiger partial charge is 0.249 e. The minimum atomic E-state index is -0.291. The Bertz CT molecular complexity index is 1340. The molecule has 2 aromatic heterocycles. The molecule has 2 heterocycles. The van der Waals surface area contributed by atoms with Gasteiger partial charge < -0.3 is 5.32 Å². The molecule has 7 heteroatoms. The Morgan fingerprint density at radius 2 is 1.81 bits per heavy atom. The third-order valence-electron chi connectivity index (χ3n) is 4.91. The molecule has 0 saturated carbocycles. The summed E-state index contributed by atoms with van der Waals surface area (Å²) in [6.45, 7) is 5.95. The molecule has 1 N–H and O–H groups in total. The highest BCUT2D eigenvalue weighted by Crippen LogP contribution is 2.25. The summed E-state index contributed by atoms with van der Waals surface area (Å²) in [6, 6.07) is 15.1. The number of amides is 1. The Kier molecular flexibility index (Phi) is 5.81. The van der Waals surface area contributed by atoms with E-state index in [2.05, 4.69) is 16.5 Å². The van der Waals surface area contributed by atoms with E-state index in [-0.39, 0.29) is 5.91 Å². The topological polar surface area (TPSA) is 59.8 Å². The molecule has 0 aliphatic rings. The number of carbonyl (C=O) groups is 1. The summed E-state index contributed by atoms with van der Waals surface area (Å²) in [7, 11) is 0. The molecule has 156 valence electrons. The zero-order valence-corrected chi connectivity index (χ0v) is 18.8. The van der Waals surface area contributed by atoms with Crippen molar-refractivity contribution in [2.45, 2.75) is 20.8 Å². The van der Waals surface area contributed by atoms with Crippen LogP contribution in [0.4, 0.5) is 5.82 Å². The van der Waals surface area contributed by atoms with Gasteiger partial charge in [-0.2, -0.15) is 9.78 Å². The van der Waals surface area contributed by atoms with Crippen LogP contribution in [0.1, 0.15) is 22.4 Å². The molecule has 0 atom stereocenters. The fourth-order valence-electron chi connectivity index (χ4n) is 3.37. The SMILES string of the molecule is Cc1cc(NC(=O)/C=C/c2ccc(Cl)c(Cl)c2)n(-c2cc(C)c3cccc(C)c3n2)n1. The van der Waals surface area contributed by atoms with Crippen LogP contribution in [-0.4, -0.2) is 20.7 Å². The predicted octanol–water partition coefficient (Wildman–Crippen LogP) is 6.30. The maximum absolute atomic E-state index is 12.5. The first-order chi connectivity index (χ1) is 14.8. The molecule has 0 radical (unpaired) electrons. The molecule has 1 amide bonds. The molecule has 5 nitrogen and oxygen atoms in total. The van der Waals surface area contributed by atoms with Crippen LogP contribution in [0.15, 0.2) is 54.6 Å². The number of benzene rings is 2. The number of rotatable bonds is 4. The lowest BCUT2D eigenvalue weighted by Crippen LogP contribution is -2.13. The van der Waals surface area contributed by atoms with E-state index >= 15 is 0 Å². The molecule has 0 bridgehead atoms. The monoisotopic (exact) mass is 450 g/mol. The number of fused-ring (bicyclic) bond motifs is 1. The van der Waals surface area contributed by atoms with Crippen molar-refractivity contribution in [3.8, 4) is 5.82 Å². The van der Waals surface area contributed by atoms with Crippen molar-refractivity contribution >= 4 is 51.9 Å². The maximum Gasteiger partial charge on any atom is 0.249 e. The van der Waals surface area contributed by atoms with Crippen LogP contribution in [0.3, 0.4) is 0 Å². The van der Waals surface area contributed by atoms with E-state index in [1.54, 1.807) is 29.0 Å². The lowest BCUT2D eigenvalue weighted by Gasteiger charge is -2.11. The van der Waals surface area contributed by atoms with Gasteiger partial charge >= 0.3 is 0 Å². The van der Waals surface area contributed by atoms with Gasteiger partial charge in [0.2, 0.25) is 5.91 Å². The van der Waals surface area contributed by atoms with Crippen molar-refractivity contribution in [3.05, 3.63) is 87.0 Å². The van der Waals surface area contributed by atoms with Crippen molar-refractivity contribution in [1.82, 2.24) is 14.8 Å². The van der Waals surface area contributed by atoms with E-state index in [4.69, 9.17) is 28.2 Å². The third kappa shape index (κ3) is 4.48. The predicted molar refractivity (Wildman–Crippen MR) is 127 cm³/mol. The van der Waals surface area contributed by atoms with E-state index in [0.29, 0.717) is 21.7 Å². The highest BCUT2D eigenvalue weighted by molar-refractivity contribution is 6.42. The number of hydrogen-bond acceptors (Lipinski definition) is 3. The molecule has 0 unspecified atom stereocenters. The zero-order valence-electron chi connectivity index (χ0n) is 17.3. The van der Waals surface area contributed by atoms with Crippen LogP contribution in [0.5, 0.6) is 0 Å². The van der Waals surface area contributed by atoms with E-state index in [1.807, 2.05) is 45.0 Å². The second kappa shape index (κ2) is 8.53. The summed E-state index contributed by atoms with van der Waals surface area (Å²) in [4.78, 5) is 17.3. The zero-order chi connectivity index (χ0) is 22.1. The highest BCUT2D eigenvalue weighted by atomic mass is 35.5. The van der Waals surface area contributed by atoms with Gasteiger partial charge in [-0.15, -0.1) is 0 Å². The number of halogens is 2. The molecule has 0 fully saturated rings. The first kappa shape index (κ1) is 21.1. The molecule has 0 spiro atoms.